The van der Waals surface area contributed by atoms with Crippen LogP contribution in [0.2, 0.25) is 0 Å². The summed E-state index contributed by atoms with van der Waals surface area (Å²) in [6, 6.07) is 0.114. The average molecular weight is 276 g/mol. The van der Waals surface area contributed by atoms with E-state index in [-0.39, 0.29) is 6.04 Å². The van der Waals surface area contributed by atoms with Gasteiger partial charge in [-0.05, 0) is 51.0 Å². The zero-order valence-corrected chi connectivity index (χ0v) is 12.7. The minimum Gasteiger partial charge on any atom is -0.330 e. The molecule has 108 valence electrons. The summed E-state index contributed by atoms with van der Waals surface area (Å²) in [6.07, 6.45) is 3.73. The van der Waals surface area contributed by atoms with Crippen LogP contribution in [0.3, 0.4) is 0 Å². The van der Waals surface area contributed by atoms with E-state index in [0.717, 1.165) is 25.7 Å². The van der Waals surface area contributed by atoms with Crippen LogP contribution in [0, 0.1) is 11.8 Å². The van der Waals surface area contributed by atoms with Gasteiger partial charge in [0.15, 0.2) is 0 Å². The summed E-state index contributed by atoms with van der Waals surface area (Å²) in [5, 5.41) is 0. The molecular weight excluding hydrogens is 248 g/mol. The average Bonchev–Trinajstić information content (AvgIpc) is 2.28. The number of hydrogen-bond donors (Lipinski definition) is 1. The number of nitrogens with zero attached hydrogens (tertiary/aromatic N) is 1. The standard InChI is InChI=1S/C13H28N2O2S/c1-11(2)13(10-14)7-6-12(3)15-8-4-5-9-18(15,16)17/h11-13H,4-10,14H2,1-3H3/t12-,13+/m1/s1. The van der Waals surface area contributed by atoms with Gasteiger partial charge in [-0.25, -0.2) is 8.42 Å². The largest absolute Gasteiger partial charge is 0.330 e. The fourth-order valence-corrected chi connectivity index (χ4v) is 4.49. The second-order valence-electron chi connectivity index (χ2n) is 5.80. The molecule has 0 aromatic heterocycles. The van der Waals surface area contributed by atoms with Crippen molar-refractivity contribution in [1.82, 2.24) is 4.31 Å². The van der Waals surface area contributed by atoms with Crippen molar-refractivity contribution in [2.24, 2.45) is 17.6 Å². The van der Waals surface area contributed by atoms with Crippen LogP contribution >= 0.6 is 0 Å². The number of hydrogen-bond acceptors (Lipinski definition) is 3. The third kappa shape index (κ3) is 4.21. The highest BCUT2D eigenvalue weighted by molar-refractivity contribution is 7.89. The quantitative estimate of drug-likeness (QED) is 0.805. The van der Waals surface area contributed by atoms with Crippen LogP contribution in [0.1, 0.15) is 46.5 Å². The molecule has 0 saturated carbocycles. The van der Waals surface area contributed by atoms with Gasteiger partial charge in [-0.15, -0.1) is 0 Å². The maximum atomic E-state index is 12.0. The first-order chi connectivity index (χ1) is 8.38. The Morgan fingerprint density at radius 1 is 1.17 bits per heavy atom. The van der Waals surface area contributed by atoms with Crippen LogP contribution in [0.25, 0.3) is 0 Å². The molecule has 0 unspecified atom stereocenters. The van der Waals surface area contributed by atoms with Gasteiger partial charge < -0.3 is 5.73 Å². The Hall–Kier alpha value is -0.130. The van der Waals surface area contributed by atoms with Gasteiger partial charge in [0.1, 0.15) is 0 Å². The summed E-state index contributed by atoms with van der Waals surface area (Å²) in [5.74, 6) is 1.39. The lowest BCUT2D eigenvalue weighted by Crippen LogP contribution is -2.43. The van der Waals surface area contributed by atoms with Crippen molar-refractivity contribution in [3.05, 3.63) is 0 Å². The Labute approximate surface area is 112 Å². The molecule has 0 radical (unpaired) electrons. The van der Waals surface area contributed by atoms with Crippen LogP contribution < -0.4 is 5.73 Å². The summed E-state index contributed by atoms with van der Waals surface area (Å²) in [7, 11) is -3.00. The van der Waals surface area contributed by atoms with Crippen LogP contribution in [0.4, 0.5) is 0 Å². The molecule has 1 fully saturated rings. The first-order valence-corrected chi connectivity index (χ1v) is 8.69. The molecule has 2 atom stereocenters. The van der Waals surface area contributed by atoms with E-state index in [4.69, 9.17) is 5.73 Å². The molecule has 1 aliphatic rings. The first-order valence-electron chi connectivity index (χ1n) is 7.08. The van der Waals surface area contributed by atoms with Crippen molar-refractivity contribution in [2.45, 2.75) is 52.5 Å². The molecule has 0 aromatic rings. The summed E-state index contributed by atoms with van der Waals surface area (Å²) in [6.45, 7) is 7.77. The van der Waals surface area contributed by atoms with E-state index in [0.29, 0.717) is 30.7 Å². The van der Waals surface area contributed by atoms with E-state index in [9.17, 15) is 8.42 Å². The Morgan fingerprint density at radius 2 is 1.83 bits per heavy atom. The highest BCUT2D eigenvalue weighted by Gasteiger charge is 2.30. The van der Waals surface area contributed by atoms with Gasteiger partial charge in [-0.1, -0.05) is 13.8 Å². The van der Waals surface area contributed by atoms with Gasteiger partial charge in [0.2, 0.25) is 10.0 Å². The van der Waals surface area contributed by atoms with E-state index >= 15 is 0 Å². The molecule has 18 heavy (non-hydrogen) atoms. The van der Waals surface area contributed by atoms with Crippen molar-refractivity contribution in [2.75, 3.05) is 18.8 Å². The van der Waals surface area contributed by atoms with Crippen LogP contribution in [-0.4, -0.2) is 37.6 Å². The molecule has 0 aliphatic carbocycles. The minimum absolute atomic E-state index is 0.114. The van der Waals surface area contributed by atoms with Crippen molar-refractivity contribution in [1.29, 1.82) is 0 Å². The Balaban J connectivity index is 2.51. The summed E-state index contributed by atoms with van der Waals surface area (Å²) >= 11 is 0. The molecule has 4 nitrogen and oxygen atoms in total. The lowest BCUT2D eigenvalue weighted by atomic mass is 9.90. The molecule has 0 aromatic carbocycles. The van der Waals surface area contributed by atoms with Gasteiger partial charge in [-0.3, -0.25) is 0 Å². The Bertz CT molecular complexity index is 341. The Morgan fingerprint density at radius 3 is 2.33 bits per heavy atom. The second-order valence-corrected chi connectivity index (χ2v) is 7.84. The third-order valence-corrected chi connectivity index (χ3v) is 6.14. The molecule has 0 amide bonds. The van der Waals surface area contributed by atoms with Crippen molar-refractivity contribution >= 4 is 10.0 Å². The van der Waals surface area contributed by atoms with Gasteiger partial charge >= 0.3 is 0 Å². The number of nitrogens with two attached hydrogens (primary N) is 1. The van der Waals surface area contributed by atoms with Gasteiger partial charge in [0.25, 0.3) is 0 Å². The SMILES string of the molecule is CC(C)[C@H](CN)CC[C@@H](C)N1CCCCS1(=O)=O. The van der Waals surface area contributed by atoms with E-state index in [1.807, 2.05) is 6.92 Å². The maximum absolute atomic E-state index is 12.0. The highest BCUT2D eigenvalue weighted by atomic mass is 32.2. The smallest absolute Gasteiger partial charge is 0.214 e. The zero-order chi connectivity index (χ0) is 13.8. The molecule has 1 heterocycles. The molecule has 1 aliphatic heterocycles. The van der Waals surface area contributed by atoms with Crippen molar-refractivity contribution in [3.8, 4) is 0 Å². The van der Waals surface area contributed by atoms with E-state index < -0.39 is 10.0 Å². The number of rotatable bonds is 6. The molecule has 0 bridgehead atoms. The Kier molecular flexibility index (Phi) is 6.08. The topological polar surface area (TPSA) is 63.4 Å². The van der Waals surface area contributed by atoms with Gasteiger partial charge in [-0.2, -0.15) is 4.31 Å². The van der Waals surface area contributed by atoms with E-state index in [1.54, 1.807) is 4.31 Å². The fourth-order valence-electron chi connectivity index (χ4n) is 2.63. The predicted octanol–water partition coefficient (Wildman–Crippen LogP) is 1.81. The zero-order valence-electron chi connectivity index (χ0n) is 11.9. The lowest BCUT2D eigenvalue weighted by Gasteiger charge is -2.32. The van der Waals surface area contributed by atoms with Crippen molar-refractivity contribution < 1.29 is 8.42 Å². The van der Waals surface area contributed by atoms with E-state index in [1.165, 1.54) is 0 Å². The number of sulfonamides is 1. The second kappa shape index (κ2) is 6.87. The molecule has 1 rings (SSSR count). The molecule has 2 N–H and O–H groups in total. The lowest BCUT2D eigenvalue weighted by molar-refractivity contribution is 0.269. The van der Waals surface area contributed by atoms with Gasteiger partial charge in [0, 0.05) is 12.6 Å². The van der Waals surface area contributed by atoms with Crippen LogP contribution in [-0.2, 0) is 10.0 Å². The molecule has 1 saturated heterocycles. The van der Waals surface area contributed by atoms with Crippen molar-refractivity contribution in [3.63, 3.8) is 0 Å². The third-order valence-electron chi connectivity index (χ3n) is 4.08. The summed E-state index contributed by atoms with van der Waals surface area (Å²) in [4.78, 5) is 0. The molecular formula is C13H28N2O2S. The maximum Gasteiger partial charge on any atom is 0.214 e. The van der Waals surface area contributed by atoms with E-state index in [2.05, 4.69) is 13.8 Å². The summed E-state index contributed by atoms with van der Waals surface area (Å²) < 4.78 is 25.6. The predicted molar refractivity (Wildman–Crippen MR) is 75.8 cm³/mol. The first kappa shape index (κ1) is 15.9. The molecule has 0 spiro atoms. The monoisotopic (exact) mass is 276 g/mol. The normalized spacial score (nSPS) is 24.1. The van der Waals surface area contributed by atoms with Gasteiger partial charge in [0.05, 0.1) is 5.75 Å². The minimum atomic E-state index is -3.00. The highest BCUT2D eigenvalue weighted by Crippen LogP contribution is 2.23. The van der Waals surface area contributed by atoms with Crippen LogP contribution in [0.5, 0.6) is 0 Å². The van der Waals surface area contributed by atoms with Crippen LogP contribution in [0.15, 0.2) is 0 Å². The fraction of sp³-hybridized carbons (Fsp3) is 1.00. The summed E-state index contributed by atoms with van der Waals surface area (Å²) in [5.41, 5.74) is 5.76. The molecule has 5 heteroatoms.